The second-order valence-corrected chi connectivity index (χ2v) is 6.35. The second kappa shape index (κ2) is 9.55. The summed E-state index contributed by atoms with van der Waals surface area (Å²) in [5.74, 6) is -0.243. The number of rotatable bonds is 9. The third-order valence-corrected chi connectivity index (χ3v) is 4.29. The van der Waals surface area contributed by atoms with Crippen LogP contribution in [0.4, 0.5) is 0 Å². The highest BCUT2D eigenvalue weighted by atomic mass is 16.6. The molecule has 0 spiro atoms. The van der Waals surface area contributed by atoms with E-state index in [9.17, 15) is 4.79 Å². The molecule has 0 aliphatic rings. The highest BCUT2D eigenvalue weighted by Gasteiger charge is 2.04. The molecule has 0 atom stereocenters. The van der Waals surface area contributed by atoms with Crippen molar-refractivity contribution in [2.24, 2.45) is 5.16 Å². The van der Waals surface area contributed by atoms with Crippen LogP contribution in [0.15, 0.2) is 71.9 Å². The van der Waals surface area contributed by atoms with Crippen molar-refractivity contribution in [3.05, 3.63) is 77.9 Å². The van der Waals surface area contributed by atoms with Crippen molar-refractivity contribution in [3.8, 4) is 5.75 Å². The van der Waals surface area contributed by atoms with E-state index < -0.39 is 5.97 Å². The van der Waals surface area contributed by atoms with Crippen LogP contribution in [0.2, 0.25) is 0 Å². The van der Waals surface area contributed by atoms with Crippen molar-refractivity contribution in [1.82, 2.24) is 0 Å². The Morgan fingerprint density at radius 2 is 1.79 bits per heavy atom. The Morgan fingerprint density at radius 3 is 2.57 bits per heavy atom. The predicted octanol–water partition coefficient (Wildman–Crippen LogP) is 4.68. The van der Waals surface area contributed by atoms with Crippen LogP contribution in [0.1, 0.15) is 24.5 Å². The molecule has 1 N–H and O–H groups in total. The van der Waals surface area contributed by atoms with E-state index >= 15 is 0 Å². The number of fused-ring (bicyclic) bond motifs is 1. The van der Waals surface area contributed by atoms with Gasteiger partial charge in [-0.3, -0.25) is 4.79 Å². The highest BCUT2D eigenvalue weighted by molar-refractivity contribution is 6.03. The third-order valence-electron chi connectivity index (χ3n) is 4.29. The molecule has 144 valence electrons. The van der Waals surface area contributed by atoms with E-state index in [2.05, 4.69) is 35.5 Å². The fourth-order valence-corrected chi connectivity index (χ4v) is 2.93. The number of benzene rings is 3. The maximum absolute atomic E-state index is 10.8. The van der Waals surface area contributed by atoms with Gasteiger partial charge in [-0.25, -0.2) is 0 Å². The van der Waals surface area contributed by atoms with Gasteiger partial charge >= 0.3 is 5.97 Å². The second-order valence-electron chi connectivity index (χ2n) is 6.35. The number of carboxylic acids is 1. The Balaban J connectivity index is 1.54. The van der Waals surface area contributed by atoms with Crippen LogP contribution in [-0.2, 0) is 16.1 Å². The third kappa shape index (κ3) is 5.33. The van der Waals surface area contributed by atoms with E-state index in [-0.39, 0.29) is 6.42 Å². The lowest BCUT2D eigenvalue weighted by Crippen LogP contribution is -2.07. The molecule has 3 aromatic carbocycles. The molecule has 3 rings (SSSR count). The molecule has 5 nitrogen and oxygen atoms in total. The summed E-state index contributed by atoms with van der Waals surface area (Å²) in [4.78, 5) is 16.2. The molecule has 5 heteroatoms. The SMILES string of the molecule is CCC(=NOCCOc1cccc(CC(=O)O)c1)c1ccc2ccccc2c1. The fraction of sp³-hybridized carbons (Fsp3) is 0.217. The number of nitrogens with zero attached hydrogens (tertiary/aromatic N) is 1. The molecule has 0 radical (unpaired) electrons. The molecule has 0 aromatic heterocycles. The number of carboxylic acid groups (broad SMARTS) is 1. The van der Waals surface area contributed by atoms with E-state index in [0.29, 0.717) is 24.5 Å². The number of hydrogen-bond acceptors (Lipinski definition) is 4. The average Bonchev–Trinajstić information content (AvgIpc) is 2.70. The lowest BCUT2D eigenvalue weighted by molar-refractivity contribution is -0.136. The Bertz CT molecular complexity index is 981. The van der Waals surface area contributed by atoms with E-state index in [0.717, 1.165) is 17.7 Å². The molecule has 0 unspecified atom stereocenters. The average molecular weight is 377 g/mol. The van der Waals surface area contributed by atoms with E-state index in [1.54, 1.807) is 24.3 Å². The van der Waals surface area contributed by atoms with Gasteiger partial charge < -0.3 is 14.7 Å². The lowest BCUT2D eigenvalue weighted by Gasteiger charge is -2.08. The van der Waals surface area contributed by atoms with Gasteiger partial charge in [0, 0.05) is 0 Å². The molecule has 0 amide bonds. The van der Waals surface area contributed by atoms with Gasteiger partial charge in [0.1, 0.15) is 12.4 Å². The van der Waals surface area contributed by atoms with Crippen LogP contribution >= 0.6 is 0 Å². The summed E-state index contributed by atoms with van der Waals surface area (Å²) in [5, 5.41) is 15.5. The smallest absolute Gasteiger partial charge is 0.307 e. The largest absolute Gasteiger partial charge is 0.490 e. The molecular weight excluding hydrogens is 354 g/mol. The highest BCUT2D eigenvalue weighted by Crippen LogP contribution is 2.17. The first-order valence-corrected chi connectivity index (χ1v) is 9.27. The first-order valence-electron chi connectivity index (χ1n) is 9.27. The number of hydrogen-bond donors (Lipinski definition) is 1. The molecule has 0 fully saturated rings. The van der Waals surface area contributed by atoms with Crippen molar-refractivity contribution >= 4 is 22.5 Å². The monoisotopic (exact) mass is 377 g/mol. The van der Waals surface area contributed by atoms with Crippen molar-refractivity contribution in [1.29, 1.82) is 0 Å². The predicted molar refractivity (Wildman–Crippen MR) is 110 cm³/mol. The van der Waals surface area contributed by atoms with Crippen LogP contribution in [0.3, 0.4) is 0 Å². The van der Waals surface area contributed by atoms with Gasteiger partial charge in [0.05, 0.1) is 12.1 Å². The zero-order chi connectivity index (χ0) is 19.8. The zero-order valence-electron chi connectivity index (χ0n) is 15.8. The van der Waals surface area contributed by atoms with Gasteiger partial charge in [-0.2, -0.15) is 0 Å². The van der Waals surface area contributed by atoms with Gasteiger partial charge in [-0.1, -0.05) is 60.6 Å². The van der Waals surface area contributed by atoms with Crippen molar-refractivity contribution in [3.63, 3.8) is 0 Å². The minimum absolute atomic E-state index is 0.0242. The van der Waals surface area contributed by atoms with Crippen LogP contribution in [0.5, 0.6) is 5.75 Å². The molecule has 0 aliphatic carbocycles. The Hall–Kier alpha value is -3.34. The number of oxime groups is 1. The molecular formula is C23H23NO4. The van der Waals surface area contributed by atoms with Gasteiger partial charge in [0.15, 0.2) is 6.61 Å². The van der Waals surface area contributed by atoms with Crippen molar-refractivity contribution in [2.75, 3.05) is 13.2 Å². The fourth-order valence-electron chi connectivity index (χ4n) is 2.93. The van der Waals surface area contributed by atoms with Crippen LogP contribution in [0.25, 0.3) is 10.8 Å². The zero-order valence-corrected chi connectivity index (χ0v) is 15.8. The van der Waals surface area contributed by atoms with Gasteiger partial charge in [-0.15, -0.1) is 0 Å². The lowest BCUT2D eigenvalue weighted by atomic mass is 10.0. The van der Waals surface area contributed by atoms with E-state index in [1.165, 1.54) is 10.8 Å². The summed E-state index contributed by atoms with van der Waals surface area (Å²) in [6.07, 6.45) is 0.736. The first kappa shape index (κ1) is 19.4. The normalized spacial score (nSPS) is 11.4. The van der Waals surface area contributed by atoms with Crippen LogP contribution in [-0.4, -0.2) is 30.0 Å². The first-order chi connectivity index (χ1) is 13.7. The quantitative estimate of drug-likeness (QED) is 0.334. The topological polar surface area (TPSA) is 68.1 Å². The summed E-state index contributed by atoms with van der Waals surface area (Å²) in [7, 11) is 0. The minimum Gasteiger partial charge on any atom is -0.490 e. The molecule has 0 heterocycles. The summed E-state index contributed by atoms with van der Waals surface area (Å²) in [5.41, 5.74) is 2.63. The Kier molecular flexibility index (Phi) is 6.63. The summed E-state index contributed by atoms with van der Waals surface area (Å²) >= 11 is 0. The van der Waals surface area contributed by atoms with Gasteiger partial charge in [0.25, 0.3) is 0 Å². The van der Waals surface area contributed by atoms with Crippen molar-refractivity contribution < 1.29 is 19.5 Å². The summed E-state index contributed by atoms with van der Waals surface area (Å²) in [6.45, 7) is 2.68. The number of aliphatic carboxylic acids is 1. The summed E-state index contributed by atoms with van der Waals surface area (Å²) < 4.78 is 5.62. The van der Waals surface area contributed by atoms with Crippen LogP contribution in [0, 0.1) is 0 Å². The van der Waals surface area contributed by atoms with E-state index in [1.807, 2.05) is 19.1 Å². The maximum Gasteiger partial charge on any atom is 0.307 e. The Labute approximate surface area is 164 Å². The molecule has 28 heavy (non-hydrogen) atoms. The molecule has 0 saturated heterocycles. The van der Waals surface area contributed by atoms with Crippen LogP contribution < -0.4 is 4.74 Å². The molecule has 0 saturated carbocycles. The minimum atomic E-state index is -0.865. The van der Waals surface area contributed by atoms with Gasteiger partial charge in [0.2, 0.25) is 0 Å². The van der Waals surface area contributed by atoms with E-state index in [4.69, 9.17) is 14.7 Å². The number of carbonyl (C=O) groups is 1. The Morgan fingerprint density at radius 1 is 0.964 bits per heavy atom. The standard InChI is InChI=1S/C23H23NO4/c1-2-22(20-11-10-18-7-3-4-8-19(18)16-20)24-28-13-12-27-21-9-5-6-17(14-21)15-23(25)26/h3-11,14,16H,2,12-13,15H2,1H3,(H,25,26). The summed E-state index contributed by atoms with van der Waals surface area (Å²) in [6, 6.07) is 21.5. The van der Waals surface area contributed by atoms with Gasteiger partial charge in [-0.05, 0) is 46.5 Å². The maximum atomic E-state index is 10.8. The molecule has 0 bridgehead atoms. The molecule has 0 aliphatic heterocycles. The number of ether oxygens (including phenoxy) is 1. The van der Waals surface area contributed by atoms with Crippen molar-refractivity contribution in [2.45, 2.75) is 19.8 Å². The molecule has 3 aromatic rings.